The Morgan fingerprint density at radius 3 is 2.70 bits per heavy atom. The molecule has 0 radical (unpaired) electrons. The summed E-state index contributed by atoms with van der Waals surface area (Å²) in [5.74, 6) is -0.881. The predicted molar refractivity (Wildman–Crippen MR) is 98.4 cm³/mol. The summed E-state index contributed by atoms with van der Waals surface area (Å²) in [6.45, 7) is 0.0605. The summed E-state index contributed by atoms with van der Waals surface area (Å²) in [4.78, 5) is 24.1. The number of amides is 1. The number of hydrogen-bond donors (Lipinski definition) is 2. The summed E-state index contributed by atoms with van der Waals surface area (Å²) in [7, 11) is 1.16. The van der Waals surface area contributed by atoms with Gasteiger partial charge in [0.1, 0.15) is 12.3 Å². The van der Waals surface area contributed by atoms with E-state index in [1.165, 1.54) is 0 Å². The van der Waals surface area contributed by atoms with Crippen LogP contribution in [0.4, 0.5) is 4.79 Å². The lowest BCUT2D eigenvalue weighted by Gasteiger charge is -2.20. The molecule has 0 saturated heterocycles. The van der Waals surface area contributed by atoms with E-state index in [0.29, 0.717) is 16.1 Å². The van der Waals surface area contributed by atoms with Crippen LogP contribution in [-0.4, -0.2) is 35.6 Å². The van der Waals surface area contributed by atoms with Crippen LogP contribution in [0.2, 0.25) is 5.02 Å². The SMILES string of the molecule is COC(=O)C1(O)Cc2cc(Cl)ccc2/C1=N\NC(=O)OCc1ccccc1. The Kier molecular flexibility index (Phi) is 5.43. The van der Waals surface area contributed by atoms with E-state index in [-0.39, 0.29) is 18.7 Å². The Morgan fingerprint density at radius 1 is 1.26 bits per heavy atom. The molecule has 140 valence electrons. The van der Waals surface area contributed by atoms with Gasteiger partial charge >= 0.3 is 12.1 Å². The van der Waals surface area contributed by atoms with E-state index in [4.69, 9.17) is 21.1 Å². The van der Waals surface area contributed by atoms with Gasteiger partial charge in [0.2, 0.25) is 5.60 Å². The van der Waals surface area contributed by atoms with E-state index in [2.05, 4.69) is 10.5 Å². The monoisotopic (exact) mass is 388 g/mol. The summed E-state index contributed by atoms with van der Waals surface area (Å²) < 4.78 is 9.77. The quantitative estimate of drug-likeness (QED) is 0.619. The van der Waals surface area contributed by atoms with Crippen LogP contribution in [0.1, 0.15) is 16.7 Å². The van der Waals surface area contributed by atoms with Crippen molar-refractivity contribution < 1.29 is 24.2 Å². The van der Waals surface area contributed by atoms with Gasteiger partial charge in [-0.15, -0.1) is 0 Å². The maximum Gasteiger partial charge on any atom is 0.428 e. The Morgan fingerprint density at radius 2 is 2.00 bits per heavy atom. The summed E-state index contributed by atoms with van der Waals surface area (Å²) in [5.41, 5.74) is 2.09. The van der Waals surface area contributed by atoms with Crippen LogP contribution in [0.5, 0.6) is 0 Å². The van der Waals surface area contributed by atoms with Crippen LogP contribution in [-0.2, 0) is 27.3 Å². The second-order valence-corrected chi connectivity index (χ2v) is 6.40. The molecule has 1 amide bonds. The number of fused-ring (bicyclic) bond motifs is 1. The smallest absolute Gasteiger partial charge is 0.428 e. The molecule has 8 heteroatoms. The van der Waals surface area contributed by atoms with Gasteiger partial charge in [0.15, 0.2) is 0 Å². The summed E-state index contributed by atoms with van der Waals surface area (Å²) >= 11 is 5.98. The number of halogens is 1. The van der Waals surface area contributed by atoms with E-state index < -0.39 is 17.7 Å². The largest absolute Gasteiger partial charge is 0.467 e. The van der Waals surface area contributed by atoms with Crippen molar-refractivity contribution >= 4 is 29.4 Å². The third-order valence-electron chi connectivity index (χ3n) is 4.16. The number of ether oxygens (including phenoxy) is 2. The molecule has 1 unspecified atom stereocenters. The first-order valence-corrected chi connectivity index (χ1v) is 8.46. The lowest BCUT2D eigenvalue weighted by atomic mass is 9.99. The first-order valence-electron chi connectivity index (χ1n) is 8.08. The molecule has 1 atom stereocenters. The number of nitrogens with one attached hydrogen (secondary N) is 1. The third-order valence-corrected chi connectivity index (χ3v) is 4.39. The number of rotatable bonds is 4. The standard InChI is InChI=1S/C19H17ClN2O5/c1-26-17(23)19(25)10-13-9-14(20)7-8-15(13)16(19)21-22-18(24)27-11-12-5-3-2-4-6-12/h2-9,25H,10-11H2,1H3,(H,22,24)/b21-16+. The third kappa shape index (κ3) is 3.94. The maximum atomic E-state index is 12.1. The highest BCUT2D eigenvalue weighted by Crippen LogP contribution is 2.33. The van der Waals surface area contributed by atoms with Crippen LogP contribution in [0, 0.1) is 0 Å². The summed E-state index contributed by atoms with van der Waals surface area (Å²) in [5, 5.41) is 15.2. The van der Waals surface area contributed by atoms with Crippen molar-refractivity contribution in [1.82, 2.24) is 5.43 Å². The second-order valence-electron chi connectivity index (χ2n) is 5.96. The van der Waals surface area contributed by atoms with Gasteiger partial charge in [-0.1, -0.05) is 48.0 Å². The zero-order valence-corrected chi connectivity index (χ0v) is 15.2. The average molecular weight is 389 g/mol. The van der Waals surface area contributed by atoms with Crippen molar-refractivity contribution in [2.75, 3.05) is 7.11 Å². The van der Waals surface area contributed by atoms with Crippen LogP contribution >= 0.6 is 11.6 Å². The number of carbonyl (C=O) groups excluding carboxylic acids is 2. The predicted octanol–water partition coefficient (Wildman–Crippen LogP) is 2.43. The number of benzene rings is 2. The van der Waals surface area contributed by atoms with Crippen LogP contribution in [0.15, 0.2) is 53.6 Å². The van der Waals surface area contributed by atoms with E-state index in [0.717, 1.165) is 12.7 Å². The van der Waals surface area contributed by atoms with Crippen molar-refractivity contribution in [1.29, 1.82) is 0 Å². The molecule has 0 aliphatic heterocycles. The molecule has 0 aromatic heterocycles. The number of hydrogen-bond acceptors (Lipinski definition) is 6. The van der Waals surface area contributed by atoms with Gasteiger partial charge in [0, 0.05) is 17.0 Å². The highest BCUT2D eigenvalue weighted by molar-refractivity contribution is 6.31. The molecule has 7 nitrogen and oxygen atoms in total. The lowest BCUT2D eigenvalue weighted by molar-refractivity contribution is -0.154. The average Bonchev–Trinajstić information content (AvgIpc) is 2.96. The summed E-state index contributed by atoms with van der Waals surface area (Å²) in [6.07, 6.45) is -0.879. The van der Waals surface area contributed by atoms with Gasteiger partial charge in [-0.05, 0) is 23.3 Å². The van der Waals surface area contributed by atoms with Gasteiger partial charge in [0.05, 0.1) is 7.11 Å². The molecule has 1 aliphatic rings. The fourth-order valence-corrected chi connectivity index (χ4v) is 3.06. The van der Waals surface area contributed by atoms with Crippen molar-refractivity contribution in [3.63, 3.8) is 0 Å². The van der Waals surface area contributed by atoms with E-state index in [9.17, 15) is 14.7 Å². The van der Waals surface area contributed by atoms with E-state index >= 15 is 0 Å². The number of esters is 1. The molecule has 0 heterocycles. The molecule has 0 saturated carbocycles. The minimum atomic E-state index is -2.02. The summed E-state index contributed by atoms with van der Waals surface area (Å²) in [6, 6.07) is 14.0. The van der Waals surface area contributed by atoms with Crippen LogP contribution < -0.4 is 5.43 Å². The molecule has 27 heavy (non-hydrogen) atoms. The molecule has 1 aliphatic carbocycles. The van der Waals surface area contributed by atoms with Gasteiger partial charge in [0.25, 0.3) is 0 Å². The Bertz CT molecular complexity index is 900. The number of aliphatic hydroxyl groups is 1. The van der Waals surface area contributed by atoms with Gasteiger partial charge in [-0.25, -0.2) is 15.0 Å². The molecule has 2 aromatic rings. The number of hydrazone groups is 1. The minimum absolute atomic E-state index is 0.0299. The topological polar surface area (TPSA) is 97.2 Å². The second kappa shape index (κ2) is 7.77. The van der Waals surface area contributed by atoms with Gasteiger partial charge < -0.3 is 14.6 Å². The first-order chi connectivity index (χ1) is 12.9. The fraction of sp³-hybridized carbons (Fsp3) is 0.211. The zero-order valence-electron chi connectivity index (χ0n) is 14.4. The Balaban J connectivity index is 1.79. The highest BCUT2D eigenvalue weighted by Gasteiger charge is 2.49. The van der Waals surface area contributed by atoms with Gasteiger partial charge in [-0.2, -0.15) is 5.10 Å². The van der Waals surface area contributed by atoms with Crippen LogP contribution in [0.25, 0.3) is 0 Å². The fourth-order valence-electron chi connectivity index (χ4n) is 2.87. The zero-order chi connectivity index (χ0) is 19.4. The van der Waals surface area contributed by atoms with Gasteiger partial charge in [-0.3, -0.25) is 0 Å². The Labute approximate surface area is 160 Å². The van der Waals surface area contributed by atoms with E-state index in [1.807, 2.05) is 30.3 Å². The van der Waals surface area contributed by atoms with Crippen LogP contribution in [0.3, 0.4) is 0 Å². The van der Waals surface area contributed by atoms with E-state index in [1.54, 1.807) is 18.2 Å². The molecule has 3 rings (SSSR count). The lowest BCUT2D eigenvalue weighted by Crippen LogP contribution is -2.46. The molecular formula is C19H17ClN2O5. The molecular weight excluding hydrogens is 372 g/mol. The molecule has 2 aromatic carbocycles. The first kappa shape index (κ1) is 18.9. The van der Waals surface area contributed by atoms with Crippen molar-refractivity contribution in [3.05, 3.63) is 70.2 Å². The number of methoxy groups -OCH3 is 1. The van der Waals surface area contributed by atoms with Crippen molar-refractivity contribution in [2.24, 2.45) is 5.10 Å². The van der Waals surface area contributed by atoms with Crippen molar-refractivity contribution in [2.45, 2.75) is 18.6 Å². The molecule has 0 bridgehead atoms. The molecule has 0 spiro atoms. The maximum absolute atomic E-state index is 12.1. The molecule has 2 N–H and O–H groups in total. The number of nitrogens with zero attached hydrogens (tertiary/aromatic N) is 1. The van der Waals surface area contributed by atoms with Crippen molar-refractivity contribution in [3.8, 4) is 0 Å². The minimum Gasteiger partial charge on any atom is -0.467 e. The highest BCUT2D eigenvalue weighted by atomic mass is 35.5. The number of carbonyl (C=O) groups is 2. The Hall–Kier alpha value is -2.90. The normalized spacial score (nSPS) is 19.4. The molecule has 0 fully saturated rings.